The molecule has 0 bridgehead atoms. The topological polar surface area (TPSA) is 246 Å². The van der Waals surface area contributed by atoms with Crippen LogP contribution in [-0.4, -0.2) is 67.9 Å². The number of hydrogen-bond acceptors (Lipinski definition) is 10. The number of benzene rings is 1. The molecule has 2 amide bonds. The standard InChI is InChI=1S/C41H59N9O8S/c1-4-31-38(55)46-40(56)49(39(31)59-30-22-27(2)21-28(3)23-30)20-14-11-15-34(52)43-18-12-9-7-5-6-8-10-13-19-44-35(53)17-16-29-25-50(41(57)45-37(29)54)36-24-32(47-48-42)33(26-51)58-36/h21-23,25,32-33,36,51H,4-20,24,26H2,1-3H3,(H,43,52)(H,44,53)(H,45,54,57)(H,46,55,56). The molecule has 1 saturated heterocycles. The van der Waals surface area contributed by atoms with Crippen LogP contribution in [0.25, 0.3) is 10.4 Å². The summed E-state index contributed by atoms with van der Waals surface area (Å²) in [4.78, 5) is 83.6. The Labute approximate surface area is 347 Å². The number of aromatic nitrogens is 4. The number of aliphatic hydroxyl groups excluding tert-OH is 1. The highest BCUT2D eigenvalue weighted by atomic mass is 32.2. The number of aliphatic hydroxyl groups is 1. The molecule has 18 heteroatoms. The number of carbonyl (C=O) groups excluding carboxylic acids is 2. The predicted molar refractivity (Wildman–Crippen MR) is 226 cm³/mol. The van der Waals surface area contributed by atoms with Crippen LogP contribution in [0.3, 0.4) is 0 Å². The van der Waals surface area contributed by atoms with Gasteiger partial charge in [0.1, 0.15) is 6.23 Å². The number of amides is 2. The smallest absolute Gasteiger partial charge is 0.330 e. The molecule has 3 unspecified atom stereocenters. The summed E-state index contributed by atoms with van der Waals surface area (Å²) in [7, 11) is 0. The molecule has 5 N–H and O–H groups in total. The summed E-state index contributed by atoms with van der Waals surface area (Å²) in [6.45, 7) is 7.15. The lowest BCUT2D eigenvalue weighted by atomic mass is 10.1. The molecule has 2 aromatic heterocycles. The molecule has 0 radical (unpaired) electrons. The average Bonchev–Trinajstić information content (AvgIpc) is 3.59. The number of azide groups is 1. The third kappa shape index (κ3) is 14.7. The van der Waals surface area contributed by atoms with E-state index in [9.17, 15) is 33.9 Å². The first-order chi connectivity index (χ1) is 28.4. The largest absolute Gasteiger partial charge is 0.394 e. The maximum Gasteiger partial charge on any atom is 0.330 e. The number of ether oxygens (including phenoxy) is 1. The van der Waals surface area contributed by atoms with Crippen molar-refractivity contribution >= 4 is 23.6 Å². The van der Waals surface area contributed by atoms with Crippen LogP contribution >= 0.6 is 11.8 Å². The van der Waals surface area contributed by atoms with Crippen LogP contribution in [0.1, 0.15) is 119 Å². The van der Waals surface area contributed by atoms with Gasteiger partial charge in [-0.2, -0.15) is 0 Å². The first-order valence-electron chi connectivity index (χ1n) is 20.7. The van der Waals surface area contributed by atoms with Crippen molar-refractivity contribution in [1.29, 1.82) is 0 Å². The number of carbonyl (C=O) groups is 2. The zero-order valence-electron chi connectivity index (χ0n) is 34.4. The Morgan fingerprint density at radius 1 is 0.881 bits per heavy atom. The highest BCUT2D eigenvalue weighted by molar-refractivity contribution is 7.99. The molecule has 1 aromatic carbocycles. The summed E-state index contributed by atoms with van der Waals surface area (Å²) in [5, 5.41) is 19.7. The zero-order chi connectivity index (χ0) is 42.7. The maximum atomic E-state index is 12.8. The quantitative estimate of drug-likeness (QED) is 0.0258. The van der Waals surface area contributed by atoms with E-state index >= 15 is 0 Å². The Kier molecular flexibility index (Phi) is 19.2. The second kappa shape index (κ2) is 24.2. The molecule has 17 nitrogen and oxygen atoms in total. The van der Waals surface area contributed by atoms with Crippen LogP contribution in [0.5, 0.6) is 0 Å². The van der Waals surface area contributed by atoms with Crippen molar-refractivity contribution in [2.24, 2.45) is 5.11 Å². The van der Waals surface area contributed by atoms with Crippen molar-refractivity contribution in [2.75, 3.05) is 19.7 Å². The van der Waals surface area contributed by atoms with Gasteiger partial charge in [0.05, 0.1) is 23.8 Å². The number of rotatable bonds is 25. The summed E-state index contributed by atoms with van der Waals surface area (Å²) in [5.41, 5.74) is 9.77. The molecule has 322 valence electrons. The third-order valence-electron chi connectivity index (χ3n) is 10.3. The van der Waals surface area contributed by atoms with Crippen LogP contribution in [0.2, 0.25) is 0 Å². The van der Waals surface area contributed by atoms with Crippen LogP contribution in [0, 0.1) is 13.8 Å². The van der Waals surface area contributed by atoms with Crippen molar-refractivity contribution in [1.82, 2.24) is 29.7 Å². The predicted octanol–water partition coefficient (Wildman–Crippen LogP) is 4.83. The molecular weight excluding hydrogens is 779 g/mol. The van der Waals surface area contributed by atoms with E-state index in [1.54, 1.807) is 4.57 Å². The Balaban J connectivity index is 1.02. The molecular formula is C41H59N9O8S. The normalized spacial score (nSPS) is 16.2. The number of nitrogens with zero attached hydrogens (tertiary/aromatic N) is 5. The highest BCUT2D eigenvalue weighted by Crippen LogP contribution is 2.31. The highest BCUT2D eigenvalue weighted by Gasteiger charge is 2.36. The van der Waals surface area contributed by atoms with E-state index in [1.165, 1.54) is 22.5 Å². The molecule has 4 rings (SSSR count). The Hall–Kier alpha value is -4.90. The SMILES string of the molecule is CCc1c(Sc2cc(C)cc(C)c2)n(CCCCC(=O)NCCCCCCCCCCNC(=O)CCc2cn(C3CC(N=[N+]=[N-])C(CO)O3)c(=O)[nH]c2=O)c(=O)[nH]c1=O. The number of H-pyrrole nitrogens is 2. The summed E-state index contributed by atoms with van der Waals surface area (Å²) < 4.78 is 8.49. The maximum absolute atomic E-state index is 12.8. The third-order valence-corrected chi connectivity index (χ3v) is 11.5. The summed E-state index contributed by atoms with van der Waals surface area (Å²) in [6.07, 6.45) is 10.4. The van der Waals surface area contributed by atoms with Crippen molar-refractivity contribution in [3.05, 3.63) is 98.8 Å². The average molecular weight is 838 g/mol. The first-order valence-corrected chi connectivity index (χ1v) is 21.6. The van der Waals surface area contributed by atoms with Gasteiger partial charge in [0.15, 0.2) is 0 Å². The van der Waals surface area contributed by atoms with Gasteiger partial charge in [-0.25, -0.2) is 9.59 Å². The van der Waals surface area contributed by atoms with E-state index in [-0.39, 0.29) is 48.8 Å². The van der Waals surface area contributed by atoms with Gasteiger partial charge in [-0.3, -0.25) is 38.3 Å². The van der Waals surface area contributed by atoms with E-state index < -0.39 is 35.3 Å². The molecule has 0 spiro atoms. The van der Waals surface area contributed by atoms with Gasteiger partial charge in [-0.15, -0.1) is 0 Å². The number of aryl methyl sites for hydroxylation is 3. The van der Waals surface area contributed by atoms with Gasteiger partial charge in [0.2, 0.25) is 11.8 Å². The molecule has 1 fully saturated rings. The number of nitrogens with one attached hydrogen (secondary N) is 4. The molecule has 1 aliphatic rings. The zero-order valence-corrected chi connectivity index (χ0v) is 35.2. The van der Waals surface area contributed by atoms with Gasteiger partial charge in [0.25, 0.3) is 11.1 Å². The fourth-order valence-electron chi connectivity index (χ4n) is 7.23. The van der Waals surface area contributed by atoms with Crippen LogP contribution < -0.4 is 33.1 Å². The lowest BCUT2D eigenvalue weighted by molar-refractivity contribution is -0.122. The van der Waals surface area contributed by atoms with Crippen LogP contribution in [0.4, 0.5) is 0 Å². The monoisotopic (exact) mass is 837 g/mol. The van der Waals surface area contributed by atoms with Crippen molar-refractivity contribution in [2.45, 2.75) is 152 Å². The first kappa shape index (κ1) is 46.8. The molecule has 0 saturated carbocycles. The second-order valence-corrected chi connectivity index (χ2v) is 16.2. The van der Waals surface area contributed by atoms with Crippen molar-refractivity contribution in [3.63, 3.8) is 0 Å². The minimum atomic E-state index is -0.823. The lowest BCUT2D eigenvalue weighted by Gasteiger charge is -2.16. The Morgan fingerprint density at radius 2 is 1.49 bits per heavy atom. The van der Waals surface area contributed by atoms with Gasteiger partial charge >= 0.3 is 11.4 Å². The summed E-state index contributed by atoms with van der Waals surface area (Å²) in [6, 6.07) is 5.53. The fraction of sp³-hybridized carbons (Fsp3) is 0.610. The van der Waals surface area contributed by atoms with Gasteiger partial charge in [-0.1, -0.05) is 68.4 Å². The molecule has 1 aliphatic heterocycles. The lowest BCUT2D eigenvalue weighted by Crippen LogP contribution is -2.35. The number of hydrogen-bond donors (Lipinski definition) is 5. The van der Waals surface area contributed by atoms with Crippen LogP contribution in [0.15, 0.2) is 58.6 Å². The Bertz CT molecular complexity index is 2140. The van der Waals surface area contributed by atoms with E-state index in [0.29, 0.717) is 55.9 Å². The van der Waals surface area contributed by atoms with E-state index in [4.69, 9.17) is 10.3 Å². The Morgan fingerprint density at radius 3 is 2.10 bits per heavy atom. The van der Waals surface area contributed by atoms with Crippen LogP contribution in [-0.2, 0) is 33.7 Å². The van der Waals surface area contributed by atoms with Crippen molar-refractivity contribution in [3.8, 4) is 0 Å². The minimum absolute atomic E-state index is 0.000589. The van der Waals surface area contributed by atoms with Crippen molar-refractivity contribution < 1.29 is 19.4 Å². The fourth-order valence-corrected chi connectivity index (χ4v) is 8.59. The molecule has 0 aliphatic carbocycles. The minimum Gasteiger partial charge on any atom is -0.394 e. The molecule has 3 heterocycles. The van der Waals surface area contributed by atoms with Gasteiger partial charge in [0, 0.05) is 66.0 Å². The van der Waals surface area contributed by atoms with E-state index in [1.807, 2.05) is 32.9 Å². The molecule has 59 heavy (non-hydrogen) atoms. The second-order valence-electron chi connectivity index (χ2n) is 15.1. The summed E-state index contributed by atoms with van der Waals surface area (Å²) in [5.74, 6) is -0.194. The van der Waals surface area contributed by atoms with E-state index in [2.05, 4.69) is 36.7 Å². The van der Waals surface area contributed by atoms with Gasteiger partial charge < -0.3 is 20.5 Å². The number of aromatic amines is 2. The molecule has 3 aromatic rings. The number of unbranched alkanes of at least 4 members (excludes halogenated alkanes) is 8. The van der Waals surface area contributed by atoms with E-state index in [0.717, 1.165) is 67.4 Å². The summed E-state index contributed by atoms with van der Waals surface area (Å²) >= 11 is 1.44. The molecule has 3 atom stereocenters. The van der Waals surface area contributed by atoms with Gasteiger partial charge in [-0.05, 0) is 81.2 Å².